The van der Waals surface area contributed by atoms with Crippen LogP contribution < -0.4 is 5.32 Å². The number of nitrogens with one attached hydrogen (secondary N) is 1. The maximum absolute atomic E-state index is 12.3. The van der Waals surface area contributed by atoms with Gasteiger partial charge in [-0.15, -0.1) is 0 Å². The van der Waals surface area contributed by atoms with Gasteiger partial charge in [0.15, 0.2) is 0 Å². The summed E-state index contributed by atoms with van der Waals surface area (Å²) in [6.45, 7) is 6.42. The summed E-state index contributed by atoms with van der Waals surface area (Å²) in [6, 6.07) is 3.81. The summed E-state index contributed by atoms with van der Waals surface area (Å²) in [5, 5.41) is 3.45. The number of carbonyl (C=O) groups excluding carboxylic acids is 1. The quantitative estimate of drug-likeness (QED) is 0.867. The Hall–Kier alpha value is -1.58. The van der Waals surface area contributed by atoms with E-state index in [9.17, 15) is 4.79 Å². The van der Waals surface area contributed by atoms with E-state index in [2.05, 4.69) is 10.3 Å². The highest BCUT2D eigenvalue weighted by Gasteiger charge is 2.16. The van der Waals surface area contributed by atoms with E-state index in [4.69, 9.17) is 0 Å². The molecule has 4 nitrogen and oxygen atoms in total. The molecule has 0 spiro atoms. The zero-order chi connectivity index (χ0) is 14.4. The summed E-state index contributed by atoms with van der Waals surface area (Å²) in [6.07, 6.45) is 7.07. The van der Waals surface area contributed by atoms with Crippen LogP contribution in [0.1, 0.15) is 50.0 Å². The Labute approximate surface area is 121 Å². The molecule has 0 atom stereocenters. The molecule has 1 saturated carbocycles. The molecule has 1 heterocycles. The van der Waals surface area contributed by atoms with Gasteiger partial charge >= 0.3 is 0 Å². The van der Waals surface area contributed by atoms with Gasteiger partial charge in [-0.3, -0.25) is 9.78 Å². The van der Waals surface area contributed by atoms with Crippen LogP contribution in [-0.2, 0) is 0 Å². The number of pyridine rings is 1. The molecule has 2 rings (SSSR count). The van der Waals surface area contributed by atoms with Crippen LogP contribution >= 0.6 is 0 Å². The molecule has 0 radical (unpaired) electrons. The molecule has 0 saturated heterocycles. The van der Waals surface area contributed by atoms with E-state index >= 15 is 0 Å². The van der Waals surface area contributed by atoms with Crippen LogP contribution in [0.3, 0.4) is 0 Å². The summed E-state index contributed by atoms with van der Waals surface area (Å²) in [5.74, 6) is 0.796. The summed E-state index contributed by atoms with van der Waals surface area (Å²) in [4.78, 5) is 18.3. The third-order valence-electron chi connectivity index (χ3n) is 4.10. The monoisotopic (exact) mass is 275 g/mol. The van der Waals surface area contributed by atoms with Gasteiger partial charge in [0.05, 0.1) is 0 Å². The maximum atomic E-state index is 12.3. The second-order valence-electron chi connectivity index (χ2n) is 5.44. The van der Waals surface area contributed by atoms with Gasteiger partial charge < -0.3 is 10.2 Å². The number of amides is 1. The average molecular weight is 275 g/mol. The molecule has 0 unspecified atom stereocenters. The largest absolute Gasteiger partial charge is 0.385 e. The molecule has 0 aromatic carbocycles. The number of nitrogens with zero attached hydrogens (tertiary/aromatic N) is 2. The molecular weight excluding hydrogens is 250 g/mol. The highest BCUT2D eigenvalue weighted by Crippen LogP contribution is 2.25. The van der Waals surface area contributed by atoms with Crippen molar-refractivity contribution in [3.8, 4) is 0 Å². The molecule has 20 heavy (non-hydrogen) atoms. The Morgan fingerprint density at radius 2 is 2.05 bits per heavy atom. The van der Waals surface area contributed by atoms with Gasteiger partial charge in [0.2, 0.25) is 0 Å². The lowest BCUT2D eigenvalue weighted by Crippen LogP contribution is -2.31. The lowest BCUT2D eigenvalue weighted by atomic mass is 10.1. The van der Waals surface area contributed by atoms with E-state index in [-0.39, 0.29) is 5.91 Å². The van der Waals surface area contributed by atoms with E-state index in [1.54, 1.807) is 11.1 Å². The predicted molar refractivity (Wildman–Crippen MR) is 81.9 cm³/mol. The van der Waals surface area contributed by atoms with Crippen molar-refractivity contribution in [3.05, 3.63) is 24.0 Å². The minimum absolute atomic E-state index is 0.0134. The van der Waals surface area contributed by atoms with Gasteiger partial charge in [-0.05, 0) is 44.7 Å². The summed E-state index contributed by atoms with van der Waals surface area (Å²) >= 11 is 0. The van der Waals surface area contributed by atoms with E-state index in [0.717, 1.165) is 31.2 Å². The van der Waals surface area contributed by atoms with E-state index in [0.29, 0.717) is 5.69 Å². The first-order valence-electron chi connectivity index (χ1n) is 7.73. The first kappa shape index (κ1) is 14.8. The second-order valence-corrected chi connectivity index (χ2v) is 5.44. The first-order chi connectivity index (χ1) is 9.74. The van der Waals surface area contributed by atoms with Crippen molar-refractivity contribution in [2.45, 2.75) is 39.5 Å². The smallest absolute Gasteiger partial charge is 0.272 e. The Balaban J connectivity index is 1.97. The Morgan fingerprint density at radius 3 is 2.70 bits per heavy atom. The van der Waals surface area contributed by atoms with Crippen LogP contribution in [-0.4, -0.2) is 35.4 Å². The average Bonchev–Trinajstić information content (AvgIpc) is 3.00. The molecule has 1 fully saturated rings. The van der Waals surface area contributed by atoms with Gasteiger partial charge in [-0.1, -0.05) is 12.8 Å². The molecule has 1 aliphatic carbocycles. The fourth-order valence-electron chi connectivity index (χ4n) is 2.81. The number of aromatic nitrogens is 1. The molecule has 1 aromatic heterocycles. The predicted octanol–water partition coefficient (Wildman–Crippen LogP) is 3.17. The first-order valence-corrected chi connectivity index (χ1v) is 7.73. The topological polar surface area (TPSA) is 45.2 Å². The van der Waals surface area contributed by atoms with Crippen LogP contribution in [0.15, 0.2) is 18.3 Å². The van der Waals surface area contributed by atoms with Crippen LogP contribution in [0.5, 0.6) is 0 Å². The minimum atomic E-state index is 0.0134. The second kappa shape index (κ2) is 7.27. The molecule has 0 bridgehead atoms. The molecular formula is C16H25N3O. The Bertz CT molecular complexity index is 437. The highest BCUT2D eigenvalue weighted by molar-refractivity contribution is 5.93. The zero-order valence-corrected chi connectivity index (χ0v) is 12.6. The van der Waals surface area contributed by atoms with Crippen LogP contribution in [0.25, 0.3) is 0 Å². The van der Waals surface area contributed by atoms with Crippen molar-refractivity contribution >= 4 is 11.6 Å². The fourth-order valence-corrected chi connectivity index (χ4v) is 2.81. The number of carbonyl (C=O) groups is 1. The van der Waals surface area contributed by atoms with E-state index in [1.807, 2.05) is 26.0 Å². The Kier molecular flexibility index (Phi) is 5.39. The van der Waals surface area contributed by atoms with Gasteiger partial charge in [0.1, 0.15) is 5.69 Å². The molecule has 110 valence electrons. The Morgan fingerprint density at radius 1 is 1.35 bits per heavy atom. The van der Waals surface area contributed by atoms with Gasteiger partial charge in [0.25, 0.3) is 5.91 Å². The van der Waals surface area contributed by atoms with Crippen molar-refractivity contribution in [1.82, 2.24) is 9.88 Å². The van der Waals surface area contributed by atoms with Crippen LogP contribution in [0, 0.1) is 5.92 Å². The van der Waals surface area contributed by atoms with Crippen molar-refractivity contribution in [2.24, 2.45) is 5.92 Å². The number of anilines is 1. The number of hydrogen-bond donors (Lipinski definition) is 1. The lowest BCUT2D eigenvalue weighted by molar-refractivity contribution is 0.0767. The minimum Gasteiger partial charge on any atom is -0.385 e. The van der Waals surface area contributed by atoms with Crippen LogP contribution in [0.4, 0.5) is 5.69 Å². The molecule has 0 aliphatic heterocycles. The standard InChI is InChI=1S/C16H25N3O/c1-3-19(4-2)16(20)15-11-14(9-10-17-15)18-12-13-7-5-6-8-13/h9-11,13H,3-8,12H2,1-2H3,(H,17,18). The molecule has 1 aliphatic rings. The van der Waals surface area contributed by atoms with Crippen molar-refractivity contribution in [2.75, 3.05) is 25.0 Å². The lowest BCUT2D eigenvalue weighted by Gasteiger charge is -2.18. The van der Waals surface area contributed by atoms with Crippen LogP contribution in [0.2, 0.25) is 0 Å². The van der Waals surface area contributed by atoms with Gasteiger partial charge in [-0.2, -0.15) is 0 Å². The molecule has 1 amide bonds. The maximum Gasteiger partial charge on any atom is 0.272 e. The summed E-state index contributed by atoms with van der Waals surface area (Å²) in [7, 11) is 0. The van der Waals surface area contributed by atoms with Crippen molar-refractivity contribution in [3.63, 3.8) is 0 Å². The SMILES string of the molecule is CCN(CC)C(=O)c1cc(NCC2CCCC2)ccn1. The fraction of sp³-hybridized carbons (Fsp3) is 0.625. The van der Waals surface area contributed by atoms with Crippen molar-refractivity contribution in [1.29, 1.82) is 0 Å². The zero-order valence-electron chi connectivity index (χ0n) is 12.6. The molecule has 1 N–H and O–H groups in total. The number of hydrogen-bond acceptors (Lipinski definition) is 3. The number of rotatable bonds is 6. The summed E-state index contributed by atoms with van der Waals surface area (Å²) in [5.41, 5.74) is 1.53. The van der Waals surface area contributed by atoms with Gasteiger partial charge in [-0.25, -0.2) is 0 Å². The van der Waals surface area contributed by atoms with Gasteiger partial charge in [0, 0.05) is 31.5 Å². The highest BCUT2D eigenvalue weighted by atomic mass is 16.2. The molecule has 1 aromatic rings. The van der Waals surface area contributed by atoms with E-state index in [1.165, 1.54) is 25.7 Å². The normalized spacial score (nSPS) is 15.3. The van der Waals surface area contributed by atoms with E-state index < -0.39 is 0 Å². The molecule has 4 heteroatoms. The third kappa shape index (κ3) is 3.71. The third-order valence-corrected chi connectivity index (χ3v) is 4.10. The summed E-state index contributed by atoms with van der Waals surface area (Å²) < 4.78 is 0. The van der Waals surface area contributed by atoms with Crippen molar-refractivity contribution < 1.29 is 4.79 Å².